The van der Waals surface area contributed by atoms with Crippen LogP contribution in [0.3, 0.4) is 0 Å². The summed E-state index contributed by atoms with van der Waals surface area (Å²) in [6, 6.07) is 11.6. The zero-order valence-corrected chi connectivity index (χ0v) is 5.99. The third-order valence-electron chi connectivity index (χ3n) is 1.20. The van der Waals surface area contributed by atoms with Gasteiger partial charge in [0.05, 0.1) is 12.1 Å². The van der Waals surface area contributed by atoms with Crippen LogP contribution in [0.4, 0.5) is 0 Å². The van der Waals surface area contributed by atoms with Crippen LogP contribution >= 0.6 is 0 Å². The quantitative estimate of drug-likeness (QED) is 0.435. The summed E-state index contributed by atoms with van der Waals surface area (Å²) in [5, 5.41) is 8.16. The molecule has 1 heteroatoms. The van der Waals surface area contributed by atoms with Crippen LogP contribution < -0.4 is 0 Å². The zero-order valence-electron chi connectivity index (χ0n) is 5.99. The van der Waals surface area contributed by atoms with Crippen LogP contribution in [-0.4, -0.2) is 0 Å². The van der Waals surface area contributed by atoms with Crippen LogP contribution in [0.5, 0.6) is 0 Å². The molecule has 0 amide bonds. The van der Waals surface area contributed by atoms with Crippen LogP contribution in [-0.2, 0) is 0 Å². The van der Waals surface area contributed by atoms with Gasteiger partial charge in [-0.25, -0.2) is 0 Å². The Hall–Kier alpha value is -1.77. The molecule has 11 heavy (non-hydrogen) atoms. The Morgan fingerprint density at radius 3 is 2.55 bits per heavy atom. The first-order valence-corrected chi connectivity index (χ1v) is 3.29. The average molecular weight is 141 g/mol. The van der Waals surface area contributed by atoms with E-state index >= 15 is 0 Å². The van der Waals surface area contributed by atoms with Gasteiger partial charge in [-0.1, -0.05) is 30.3 Å². The van der Waals surface area contributed by atoms with Crippen molar-refractivity contribution < 1.29 is 0 Å². The lowest BCUT2D eigenvalue weighted by atomic mass is 10.2. The normalized spacial score (nSPS) is 7.55. The lowest BCUT2D eigenvalue weighted by Crippen LogP contribution is -1.64. The maximum Gasteiger partial charge on any atom is 0.0996 e. The monoisotopic (exact) mass is 141 g/mol. The fourth-order valence-corrected chi connectivity index (χ4v) is 0.724. The van der Waals surface area contributed by atoms with Crippen molar-refractivity contribution >= 4 is 6.08 Å². The van der Waals surface area contributed by atoms with Gasteiger partial charge in [-0.3, -0.25) is 0 Å². The molecule has 52 valence electrons. The summed E-state index contributed by atoms with van der Waals surface area (Å²) in [5.74, 6) is 0. The van der Waals surface area contributed by atoms with E-state index in [9.17, 15) is 0 Å². The Bertz CT molecular complexity index is 310. The average Bonchev–Trinajstić information content (AvgIpc) is 2.07. The van der Waals surface area contributed by atoms with Crippen LogP contribution in [0.25, 0.3) is 6.08 Å². The zero-order chi connectivity index (χ0) is 7.94. The van der Waals surface area contributed by atoms with E-state index in [-0.39, 0.29) is 0 Å². The van der Waals surface area contributed by atoms with Gasteiger partial charge in [-0.15, -0.1) is 5.73 Å². The smallest absolute Gasteiger partial charge is 0.0996 e. The lowest BCUT2D eigenvalue weighted by Gasteiger charge is -1.85. The minimum Gasteiger partial charge on any atom is -0.192 e. The Labute approximate surface area is 65.9 Å². The van der Waals surface area contributed by atoms with E-state index < -0.39 is 0 Å². The fraction of sp³-hybridized carbons (Fsp3) is 0. The van der Waals surface area contributed by atoms with Crippen LogP contribution in [0.15, 0.2) is 42.1 Å². The van der Waals surface area contributed by atoms with Crippen molar-refractivity contribution in [1.82, 2.24) is 0 Å². The van der Waals surface area contributed by atoms with Gasteiger partial charge in [-0.2, -0.15) is 5.26 Å². The Balaban J connectivity index is 2.82. The number of hydrogen-bond donors (Lipinski definition) is 0. The highest BCUT2D eigenvalue weighted by molar-refractivity contribution is 5.48. The predicted octanol–water partition coefficient (Wildman–Crippen LogP) is 2.38. The molecule has 0 N–H and O–H groups in total. The first-order chi connectivity index (χ1) is 5.43. The molecule has 0 fully saturated rings. The van der Waals surface area contributed by atoms with Gasteiger partial charge in [0.2, 0.25) is 0 Å². The molecule has 0 heterocycles. The summed E-state index contributed by atoms with van der Waals surface area (Å²) >= 11 is 0. The summed E-state index contributed by atoms with van der Waals surface area (Å²) < 4.78 is 0. The highest BCUT2D eigenvalue weighted by Crippen LogP contribution is 1.98. The minimum atomic E-state index is 1.05. The van der Waals surface area contributed by atoms with Crippen molar-refractivity contribution in [2.75, 3.05) is 0 Å². The molecule has 0 atom stereocenters. The van der Waals surface area contributed by atoms with E-state index in [0.717, 1.165) is 5.56 Å². The summed E-state index contributed by atoms with van der Waals surface area (Å²) in [4.78, 5) is 0. The topological polar surface area (TPSA) is 23.8 Å². The molecule has 1 rings (SSSR count). The number of benzene rings is 1. The maximum atomic E-state index is 8.16. The third-order valence-corrected chi connectivity index (χ3v) is 1.20. The van der Waals surface area contributed by atoms with Gasteiger partial charge < -0.3 is 0 Å². The van der Waals surface area contributed by atoms with Gasteiger partial charge in [0.15, 0.2) is 0 Å². The first-order valence-electron chi connectivity index (χ1n) is 3.29. The van der Waals surface area contributed by atoms with Gasteiger partial charge in [0, 0.05) is 0 Å². The Morgan fingerprint density at radius 1 is 1.18 bits per heavy atom. The second-order valence-corrected chi connectivity index (χ2v) is 2.00. The largest absolute Gasteiger partial charge is 0.192 e. The summed E-state index contributed by atoms with van der Waals surface area (Å²) in [6.07, 6.45) is 3.09. The van der Waals surface area contributed by atoms with E-state index in [1.54, 1.807) is 6.08 Å². The maximum absolute atomic E-state index is 8.16. The number of hydrogen-bond acceptors (Lipinski definition) is 1. The van der Waals surface area contributed by atoms with E-state index in [0.29, 0.717) is 0 Å². The first kappa shape index (κ1) is 7.34. The van der Waals surface area contributed by atoms with Gasteiger partial charge >= 0.3 is 0 Å². The van der Waals surface area contributed by atoms with E-state index in [4.69, 9.17) is 5.26 Å². The lowest BCUT2D eigenvalue weighted by molar-refractivity contribution is 1.54. The van der Waals surface area contributed by atoms with Gasteiger partial charge in [0.25, 0.3) is 0 Å². The molecule has 0 aliphatic carbocycles. The summed E-state index contributed by atoms with van der Waals surface area (Å²) in [5.41, 5.74) is 3.79. The van der Waals surface area contributed by atoms with Crippen molar-refractivity contribution in [3.05, 3.63) is 47.7 Å². The molecule has 1 aromatic carbocycles. The summed E-state index contributed by atoms with van der Waals surface area (Å²) in [6.45, 7) is 0. The molecule has 0 aromatic heterocycles. The fourth-order valence-electron chi connectivity index (χ4n) is 0.724. The van der Waals surface area contributed by atoms with Crippen molar-refractivity contribution in [2.45, 2.75) is 0 Å². The molecule has 0 bridgehead atoms. The molecular formula is C10H7N. The Kier molecular flexibility index (Phi) is 2.74. The number of nitrogens with zero attached hydrogens (tertiary/aromatic N) is 1. The Morgan fingerprint density at radius 2 is 1.91 bits per heavy atom. The molecule has 0 saturated heterocycles. The van der Waals surface area contributed by atoms with Crippen LogP contribution in [0.1, 0.15) is 5.56 Å². The SMILES string of the molecule is N#CC=C=Cc1ccccc1. The van der Waals surface area contributed by atoms with Crippen molar-refractivity contribution in [2.24, 2.45) is 0 Å². The highest BCUT2D eigenvalue weighted by atomic mass is 14.2. The number of allylic oxidation sites excluding steroid dienone is 1. The molecule has 0 aliphatic rings. The summed E-state index contributed by atoms with van der Waals surface area (Å²) in [7, 11) is 0. The van der Waals surface area contributed by atoms with E-state index in [1.165, 1.54) is 6.08 Å². The molecule has 1 aromatic rings. The van der Waals surface area contributed by atoms with Crippen molar-refractivity contribution in [3.63, 3.8) is 0 Å². The molecular weight excluding hydrogens is 134 g/mol. The predicted molar refractivity (Wildman–Crippen MR) is 44.6 cm³/mol. The van der Waals surface area contributed by atoms with Crippen molar-refractivity contribution in [3.8, 4) is 6.07 Å². The van der Waals surface area contributed by atoms with Gasteiger partial charge in [0.1, 0.15) is 0 Å². The van der Waals surface area contributed by atoms with Crippen LogP contribution in [0.2, 0.25) is 0 Å². The van der Waals surface area contributed by atoms with Gasteiger partial charge in [-0.05, 0) is 11.6 Å². The minimum absolute atomic E-state index is 1.05. The molecule has 0 aliphatic heterocycles. The second-order valence-electron chi connectivity index (χ2n) is 2.00. The third kappa shape index (κ3) is 2.53. The molecule has 0 radical (unpaired) electrons. The number of rotatable bonds is 1. The second kappa shape index (κ2) is 4.11. The molecule has 0 spiro atoms. The van der Waals surface area contributed by atoms with Crippen LogP contribution in [0, 0.1) is 11.3 Å². The molecule has 1 nitrogen and oxygen atoms in total. The van der Waals surface area contributed by atoms with E-state index in [2.05, 4.69) is 5.73 Å². The van der Waals surface area contributed by atoms with Crippen molar-refractivity contribution in [1.29, 1.82) is 5.26 Å². The standard InChI is InChI=1S/C10H7N/c11-9-5-4-8-10-6-2-1-3-7-10/h1-3,5-8H. The highest BCUT2D eigenvalue weighted by Gasteiger charge is 1.78. The molecule has 0 saturated carbocycles. The molecule has 0 unspecified atom stereocenters. The number of nitriles is 1. The van der Waals surface area contributed by atoms with E-state index in [1.807, 2.05) is 36.4 Å².